The molecule has 0 bridgehead atoms. The summed E-state index contributed by atoms with van der Waals surface area (Å²) in [5.41, 5.74) is 13.4. The predicted octanol–water partition coefficient (Wildman–Crippen LogP) is 5.67. The van der Waals surface area contributed by atoms with Crippen LogP contribution in [0.1, 0.15) is 41.6 Å². The van der Waals surface area contributed by atoms with Gasteiger partial charge in [-0.1, -0.05) is 54.9 Å². The van der Waals surface area contributed by atoms with E-state index in [-0.39, 0.29) is 11.5 Å². The van der Waals surface area contributed by atoms with E-state index in [1.54, 1.807) is 11.5 Å². The van der Waals surface area contributed by atoms with Gasteiger partial charge in [0.2, 0.25) is 0 Å². The molecule has 0 amide bonds. The fraction of sp³-hybridized carbons (Fsp3) is 0.174. The SMILES string of the molecule is C[C@@]1(c2ccccc2)C[C@H](c2ccc3[nH]sc3c2)Nc2ccc(N)c(C=N)c21. The minimum Gasteiger partial charge on any atom is -0.398 e. The molecule has 0 unspecified atom stereocenters. The molecular weight excluding hydrogens is 364 g/mol. The van der Waals surface area contributed by atoms with E-state index in [9.17, 15) is 0 Å². The van der Waals surface area contributed by atoms with Gasteiger partial charge in [-0.15, -0.1) is 0 Å². The van der Waals surface area contributed by atoms with Gasteiger partial charge in [0.05, 0.1) is 16.3 Å². The molecule has 0 saturated heterocycles. The van der Waals surface area contributed by atoms with Crippen molar-refractivity contribution in [1.82, 2.24) is 4.37 Å². The second-order valence-corrected chi connectivity index (χ2v) is 8.54. The van der Waals surface area contributed by atoms with Crippen LogP contribution in [0, 0.1) is 5.41 Å². The average molecular weight is 387 g/mol. The molecule has 1 aliphatic rings. The predicted molar refractivity (Wildman–Crippen MR) is 119 cm³/mol. The third-order valence-electron chi connectivity index (χ3n) is 6.01. The first-order valence-electron chi connectivity index (χ1n) is 9.42. The number of anilines is 2. The quantitative estimate of drug-likeness (QED) is 0.270. The van der Waals surface area contributed by atoms with E-state index < -0.39 is 0 Å². The lowest BCUT2D eigenvalue weighted by Crippen LogP contribution is -2.36. The Balaban J connectivity index is 1.71. The highest BCUT2D eigenvalue weighted by molar-refractivity contribution is 7.15. The van der Waals surface area contributed by atoms with Crippen LogP contribution in [0.4, 0.5) is 11.4 Å². The Labute approximate surface area is 168 Å². The van der Waals surface area contributed by atoms with Crippen LogP contribution in [0.2, 0.25) is 0 Å². The Morgan fingerprint density at radius 1 is 1.14 bits per heavy atom. The number of nitrogens with two attached hydrogens (primary N) is 1. The highest BCUT2D eigenvalue weighted by Crippen LogP contribution is 2.50. The van der Waals surface area contributed by atoms with Crippen LogP contribution in [-0.4, -0.2) is 10.6 Å². The van der Waals surface area contributed by atoms with E-state index in [0.29, 0.717) is 5.69 Å². The first kappa shape index (κ1) is 17.1. The Bertz CT molecular complexity index is 1170. The largest absolute Gasteiger partial charge is 0.398 e. The summed E-state index contributed by atoms with van der Waals surface area (Å²) in [5.74, 6) is 0. The van der Waals surface area contributed by atoms with E-state index in [2.05, 4.69) is 65.1 Å². The number of fused-ring (bicyclic) bond motifs is 2. The molecule has 4 aromatic rings. The molecule has 28 heavy (non-hydrogen) atoms. The van der Waals surface area contributed by atoms with Gasteiger partial charge >= 0.3 is 0 Å². The Morgan fingerprint density at radius 3 is 2.64 bits per heavy atom. The molecule has 2 atom stereocenters. The molecule has 1 aliphatic heterocycles. The third-order valence-corrected chi connectivity index (χ3v) is 6.89. The lowest BCUT2D eigenvalue weighted by atomic mass is 9.67. The topological polar surface area (TPSA) is 77.7 Å². The fourth-order valence-electron chi connectivity index (χ4n) is 4.51. The first-order chi connectivity index (χ1) is 13.6. The van der Waals surface area contributed by atoms with Crippen molar-refractivity contribution in [2.24, 2.45) is 0 Å². The summed E-state index contributed by atoms with van der Waals surface area (Å²) < 4.78 is 4.55. The van der Waals surface area contributed by atoms with Crippen molar-refractivity contribution >= 4 is 39.3 Å². The van der Waals surface area contributed by atoms with E-state index in [1.807, 2.05) is 12.1 Å². The number of rotatable bonds is 3. The zero-order valence-corrected chi connectivity index (χ0v) is 16.4. The molecule has 0 radical (unpaired) electrons. The van der Waals surface area contributed by atoms with Crippen molar-refractivity contribution in [3.63, 3.8) is 0 Å². The van der Waals surface area contributed by atoms with Crippen LogP contribution in [0.3, 0.4) is 0 Å². The normalized spacial score (nSPS) is 21.2. The molecule has 1 aromatic heterocycles. The molecule has 3 aromatic carbocycles. The van der Waals surface area contributed by atoms with Gasteiger partial charge in [0.25, 0.3) is 0 Å². The molecule has 0 spiro atoms. The van der Waals surface area contributed by atoms with Gasteiger partial charge in [-0.25, -0.2) is 0 Å². The Hall–Kier alpha value is -3.05. The summed E-state index contributed by atoms with van der Waals surface area (Å²) in [6.45, 7) is 2.28. The average Bonchev–Trinajstić information content (AvgIpc) is 2.70. The van der Waals surface area contributed by atoms with Gasteiger partial charge in [0.15, 0.2) is 0 Å². The molecular formula is C23H22N4S. The zero-order chi connectivity index (χ0) is 19.3. The molecule has 2 heterocycles. The summed E-state index contributed by atoms with van der Waals surface area (Å²) >= 11 is 1.67. The summed E-state index contributed by atoms with van der Waals surface area (Å²) in [6, 6.07) is 21.4. The molecule has 0 aliphatic carbocycles. The number of hydrogen-bond donors (Lipinski definition) is 4. The number of benzene rings is 3. The number of hydrogen-bond acceptors (Lipinski definition) is 4. The van der Waals surface area contributed by atoms with E-state index >= 15 is 0 Å². The van der Waals surface area contributed by atoms with Gasteiger partial charge in [-0.3, -0.25) is 0 Å². The van der Waals surface area contributed by atoms with E-state index in [1.165, 1.54) is 27.6 Å². The highest BCUT2D eigenvalue weighted by Gasteiger charge is 2.40. The maximum absolute atomic E-state index is 7.99. The van der Waals surface area contributed by atoms with E-state index in [4.69, 9.17) is 11.1 Å². The minimum absolute atomic E-state index is 0.186. The van der Waals surface area contributed by atoms with Crippen LogP contribution in [0.25, 0.3) is 10.2 Å². The minimum atomic E-state index is -0.247. The lowest BCUT2D eigenvalue weighted by Gasteiger charge is -2.43. The fourth-order valence-corrected chi connectivity index (χ4v) is 5.18. The van der Waals surface area contributed by atoms with Gasteiger partial charge < -0.3 is 20.8 Å². The van der Waals surface area contributed by atoms with Gasteiger partial charge in [0.1, 0.15) is 0 Å². The lowest BCUT2D eigenvalue weighted by molar-refractivity contribution is 0.459. The van der Waals surface area contributed by atoms with E-state index in [0.717, 1.165) is 23.2 Å². The van der Waals surface area contributed by atoms with Gasteiger partial charge in [-0.05, 0) is 47.4 Å². The van der Waals surface area contributed by atoms with Crippen LogP contribution < -0.4 is 11.1 Å². The first-order valence-corrected chi connectivity index (χ1v) is 10.2. The maximum atomic E-state index is 7.99. The van der Waals surface area contributed by atoms with Gasteiger partial charge in [-0.2, -0.15) is 0 Å². The molecule has 0 fully saturated rings. The monoisotopic (exact) mass is 386 g/mol. The van der Waals surface area contributed by atoms with Crippen LogP contribution in [0.15, 0.2) is 60.7 Å². The van der Waals surface area contributed by atoms with Crippen molar-refractivity contribution in [3.05, 3.63) is 82.9 Å². The molecule has 5 rings (SSSR count). The van der Waals surface area contributed by atoms with Crippen molar-refractivity contribution < 1.29 is 0 Å². The van der Waals surface area contributed by atoms with Crippen LogP contribution in [0.5, 0.6) is 0 Å². The summed E-state index contributed by atoms with van der Waals surface area (Å²) in [7, 11) is 0. The standard InChI is InChI=1S/C23H22N4S/c1-23(15-5-3-2-4-6-15)12-20(14-7-9-18-21(11-14)28-27-18)26-19-10-8-17(25)16(13-24)22(19)23/h2-11,13,20,24,26-27H,12,25H2,1H3/t20-,23+/m1/s1. The second kappa shape index (κ2) is 6.24. The molecule has 5 heteroatoms. The zero-order valence-electron chi connectivity index (χ0n) is 15.6. The molecule has 0 saturated carbocycles. The smallest absolute Gasteiger partial charge is 0.0687 e. The number of nitrogens with one attached hydrogen (secondary N) is 3. The van der Waals surface area contributed by atoms with Crippen molar-refractivity contribution in [1.29, 1.82) is 5.41 Å². The van der Waals surface area contributed by atoms with Crippen molar-refractivity contribution in [2.75, 3.05) is 11.1 Å². The number of aromatic nitrogens is 1. The molecule has 4 nitrogen and oxygen atoms in total. The molecule has 140 valence electrons. The Kier molecular flexibility index (Phi) is 3.81. The summed E-state index contributed by atoms with van der Waals surface area (Å²) in [4.78, 5) is 0. The van der Waals surface area contributed by atoms with Crippen LogP contribution >= 0.6 is 11.5 Å². The number of H-pyrrole nitrogens is 1. The van der Waals surface area contributed by atoms with Crippen molar-refractivity contribution in [3.8, 4) is 0 Å². The Morgan fingerprint density at radius 2 is 1.96 bits per heavy atom. The maximum Gasteiger partial charge on any atom is 0.0687 e. The number of aromatic amines is 1. The highest BCUT2D eigenvalue weighted by atomic mass is 32.1. The third kappa shape index (κ3) is 2.47. The van der Waals surface area contributed by atoms with Crippen LogP contribution in [-0.2, 0) is 5.41 Å². The number of nitrogen functional groups attached to an aromatic ring is 1. The molecule has 5 N–H and O–H groups in total. The summed E-state index contributed by atoms with van der Waals surface area (Å²) in [5, 5.41) is 11.7. The van der Waals surface area contributed by atoms with Crippen molar-refractivity contribution in [2.45, 2.75) is 24.8 Å². The summed E-state index contributed by atoms with van der Waals surface area (Å²) in [6.07, 6.45) is 2.29. The van der Waals surface area contributed by atoms with Gasteiger partial charge in [0, 0.05) is 28.6 Å². The second-order valence-electron chi connectivity index (χ2n) is 7.69.